The second kappa shape index (κ2) is 6.28. The fourth-order valence-electron chi connectivity index (χ4n) is 1.85. The van der Waals surface area contributed by atoms with Gasteiger partial charge in [0, 0.05) is 0 Å². The molecule has 0 aliphatic carbocycles. The van der Waals surface area contributed by atoms with Gasteiger partial charge in [0.05, 0.1) is 0 Å². The smallest absolute Gasteiger partial charge is 0.149 e. The first-order chi connectivity index (χ1) is 9.60. The molecule has 4 nitrogen and oxygen atoms in total. The van der Waals surface area contributed by atoms with Crippen LogP contribution in [-0.4, -0.2) is 5.97 Å². The molecule has 0 saturated heterocycles. The average Bonchev–Trinajstić information content (AvgIpc) is 2.94. The monoisotopic (exact) mass is 273 g/mol. The summed E-state index contributed by atoms with van der Waals surface area (Å²) in [4.78, 5) is 10.6. The van der Waals surface area contributed by atoms with E-state index in [1.807, 2.05) is 24.3 Å². The number of benzene rings is 1. The summed E-state index contributed by atoms with van der Waals surface area (Å²) < 4.78 is 10.6. The number of carboxylic acids is 1. The average molecular weight is 273 g/mol. The third kappa shape index (κ3) is 3.41. The van der Waals surface area contributed by atoms with E-state index in [1.165, 1.54) is 11.6 Å². The van der Waals surface area contributed by atoms with Crippen LogP contribution in [0.25, 0.3) is 0 Å². The number of ether oxygens (including phenoxy) is 1. The molecule has 106 valence electrons. The van der Waals surface area contributed by atoms with Gasteiger partial charge in [0.1, 0.15) is 29.8 Å². The number of carbonyl (C=O) groups excluding carboxylic acids is 1. The van der Waals surface area contributed by atoms with Crippen molar-refractivity contribution in [3.05, 3.63) is 53.5 Å². The lowest BCUT2D eigenvalue weighted by molar-refractivity contribution is -0.257. The molecular weight excluding hydrogens is 256 g/mol. The largest absolute Gasteiger partial charge is 0.542 e. The molecule has 0 saturated carbocycles. The Bertz CT molecular complexity index is 568. The van der Waals surface area contributed by atoms with E-state index >= 15 is 0 Å². The van der Waals surface area contributed by atoms with E-state index in [2.05, 4.69) is 13.8 Å². The van der Waals surface area contributed by atoms with Gasteiger partial charge in [0.25, 0.3) is 0 Å². The Morgan fingerprint density at radius 1 is 1.25 bits per heavy atom. The Balaban J connectivity index is 1.94. The molecule has 1 atom stereocenters. The molecule has 0 spiro atoms. The van der Waals surface area contributed by atoms with E-state index in [1.54, 1.807) is 6.07 Å². The number of hydrogen-bond donors (Lipinski definition) is 0. The normalized spacial score (nSPS) is 12.1. The summed E-state index contributed by atoms with van der Waals surface area (Å²) in [6.45, 7) is 4.52. The molecule has 1 heterocycles. The molecular formula is C16H17O4-. The van der Waals surface area contributed by atoms with Crippen molar-refractivity contribution < 1.29 is 19.1 Å². The molecule has 0 fully saturated rings. The topological polar surface area (TPSA) is 62.5 Å². The van der Waals surface area contributed by atoms with Gasteiger partial charge >= 0.3 is 0 Å². The Morgan fingerprint density at radius 2 is 1.95 bits per heavy atom. The number of carboxylic acid groups (broad SMARTS) is 1. The van der Waals surface area contributed by atoms with Gasteiger partial charge < -0.3 is 19.1 Å². The minimum absolute atomic E-state index is 0.185. The molecule has 0 aliphatic heterocycles. The van der Waals surface area contributed by atoms with Gasteiger partial charge in [-0.15, -0.1) is 0 Å². The number of rotatable bonds is 6. The van der Waals surface area contributed by atoms with Crippen molar-refractivity contribution in [2.45, 2.75) is 32.8 Å². The third-order valence-electron chi connectivity index (χ3n) is 3.31. The van der Waals surface area contributed by atoms with Gasteiger partial charge in [-0.2, -0.15) is 0 Å². The lowest BCUT2D eigenvalue weighted by atomic mass is 9.99. The highest BCUT2D eigenvalue weighted by molar-refractivity contribution is 5.82. The minimum atomic E-state index is -1.32. The van der Waals surface area contributed by atoms with E-state index in [9.17, 15) is 9.90 Å². The third-order valence-corrected chi connectivity index (χ3v) is 3.31. The summed E-state index contributed by atoms with van der Waals surface area (Å²) in [6, 6.07) is 10.8. The molecule has 0 N–H and O–H groups in total. The Labute approximate surface area is 118 Å². The van der Waals surface area contributed by atoms with E-state index in [4.69, 9.17) is 9.15 Å². The van der Waals surface area contributed by atoms with Crippen molar-refractivity contribution >= 4 is 5.97 Å². The molecule has 0 aliphatic rings. The summed E-state index contributed by atoms with van der Waals surface area (Å²) in [5.74, 6) is 0.197. The van der Waals surface area contributed by atoms with Crippen LogP contribution in [0.4, 0.5) is 0 Å². The quantitative estimate of drug-likeness (QED) is 0.811. The molecule has 1 aromatic heterocycles. The van der Waals surface area contributed by atoms with Crippen molar-refractivity contribution in [2.75, 3.05) is 0 Å². The molecule has 2 rings (SSSR count). The van der Waals surface area contributed by atoms with Crippen LogP contribution < -0.4 is 9.84 Å². The van der Waals surface area contributed by atoms with Crippen LogP contribution in [0.15, 0.2) is 40.8 Å². The predicted octanol–water partition coefficient (Wildman–Crippen LogP) is 2.74. The van der Waals surface area contributed by atoms with Crippen LogP contribution in [0.1, 0.15) is 48.1 Å². The van der Waals surface area contributed by atoms with E-state index < -0.39 is 5.97 Å². The Hall–Kier alpha value is -2.23. The summed E-state index contributed by atoms with van der Waals surface area (Å²) in [6.07, 6.45) is 1.10. The standard InChI is InChI=1S/C16H18O4/c1-3-11(2)12-4-6-13(7-5-12)19-10-14-8-9-15(20-14)16(17)18/h4-9,11H,3,10H2,1-2H3,(H,17,18)/p-1/t11-/m1/s1. The molecule has 1 aromatic carbocycles. The predicted molar refractivity (Wildman–Crippen MR) is 72.5 cm³/mol. The zero-order valence-corrected chi connectivity index (χ0v) is 11.6. The summed E-state index contributed by atoms with van der Waals surface area (Å²) >= 11 is 0. The number of aromatic carboxylic acids is 1. The van der Waals surface area contributed by atoms with Crippen molar-refractivity contribution in [3.63, 3.8) is 0 Å². The summed E-state index contributed by atoms with van der Waals surface area (Å²) in [5.41, 5.74) is 1.28. The highest BCUT2D eigenvalue weighted by Gasteiger charge is 2.05. The molecule has 0 radical (unpaired) electrons. The molecule has 0 unspecified atom stereocenters. The van der Waals surface area contributed by atoms with E-state index in [-0.39, 0.29) is 12.4 Å². The van der Waals surface area contributed by atoms with E-state index in [0.29, 0.717) is 11.7 Å². The Morgan fingerprint density at radius 3 is 2.50 bits per heavy atom. The lowest BCUT2D eigenvalue weighted by Crippen LogP contribution is -2.21. The number of furan rings is 1. The number of hydrogen-bond acceptors (Lipinski definition) is 4. The fraction of sp³-hybridized carbons (Fsp3) is 0.312. The summed E-state index contributed by atoms with van der Waals surface area (Å²) in [5, 5.41) is 10.6. The first kappa shape index (κ1) is 14.2. The van der Waals surface area contributed by atoms with Gasteiger partial charge in [-0.3, -0.25) is 0 Å². The minimum Gasteiger partial charge on any atom is -0.542 e. The first-order valence-corrected chi connectivity index (χ1v) is 6.63. The second-order valence-corrected chi connectivity index (χ2v) is 4.72. The van der Waals surface area contributed by atoms with Crippen molar-refractivity contribution in [1.29, 1.82) is 0 Å². The maximum Gasteiger partial charge on any atom is 0.149 e. The van der Waals surface area contributed by atoms with Gasteiger partial charge in [0.15, 0.2) is 0 Å². The fourth-order valence-corrected chi connectivity index (χ4v) is 1.85. The van der Waals surface area contributed by atoms with Crippen LogP contribution in [0, 0.1) is 0 Å². The second-order valence-electron chi connectivity index (χ2n) is 4.72. The van der Waals surface area contributed by atoms with Crippen LogP contribution in [0.2, 0.25) is 0 Å². The first-order valence-electron chi connectivity index (χ1n) is 6.63. The van der Waals surface area contributed by atoms with Crippen LogP contribution in [0.5, 0.6) is 5.75 Å². The van der Waals surface area contributed by atoms with Gasteiger partial charge in [0.2, 0.25) is 0 Å². The van der Waals surface area contributed by atoms with E-state index in [0.717, 1.165) is 12.2 Å². The van der Waals surface area contributed by atoms with Crippen molar-refractivity contribution in [3.8, 4) is 5.75 Å². The van der Waals surface area contributed by atoms with Gasteiger partial charge in [-0.25, -0.2) is 0 Å². The zero-order valence-electron chi connectivity index (χ0n) is 11.6. The Kier molecular flexibility index (Phi) is 4.45. The maximum absolute atomic E-state index is 10.6. The van der Waals surface area contributed by atoms with Crippen molar-refractivity contribution in [1.82, 2.24) is 0 Å². The van der Waals surface area contributed by atoms with Crippen LogP contribution in [-0.2, 0) is 6.61 Å². The molecule has 0 amide bonds. The van der Waals surface area contributed by atoms with Crippen molar-refractivity contribution in [2.24, 2.45) is 0 Å². The highest BCUT2D eigenvalue weighted by Crippen LogP contribution is 2.22. The molecule has 2 aromatic rings. The lowest BCUT2D eigenvalue weighted by Gasteiger charge is -2.10. The summed E-state index contributed by atoms with van der Waals surface area (Å²) in [7, 11) is 0. The molecule has 4 heteroatoms. The zero-order chi connectivity index (χ0) is 14.5. The van der Waals surface area contributed by atoms with Gasteiger partial charge in [-0.1, -0.05) is 26.0 Å². The maximum atomic E-state index is 10.6. The highest BCUT2D eigenvalue weighted by atomic mass is 16.5. The van der Waals surface area contributed by atoms with Gasteiger partial charge in [-0.05, 0) is 42.2 Å². The molecule has 0 bridgehead atoms. The number of carbonyl (C=O) groups is 1. The SMILES string of the molecule is CC[C@@H](C)c1ccc(OCc2ccc(C(=O)[O-])o2)cc1. The van der Waals surface area contributed by atoms with Crippen LogP contribution >= 0.6 is 0 Å². The molecule has 20 heavy (non-hydrogen) atoms. The van der Waals surface area contributed by atoms with Crippen LogP contribution in [0.3, 0.4) is 0 Å².